The van der Waals surface area contributed by atoms with Gasteiger partial charge < -0.3 is 10.4 Å². The maximum atomic E-state index is 11.8. The molecule has 114 valence electrons. The van der Waals surface area contributed by atoms with E-state index >= 15 is 0 Å². The van der Waals surface area contributed by atoms with Crippen molar-refractivity contribution in [3.63, 3.8) is 0 Å². The van der Waals surface area contributed by atoms with E-state index in [1.54, 1.807) is 6.92 Å². The molecule has 0 spiro atoms. The lowest BCUT2D eigenvalue weighted by Gasteiger charge is -2.26. The second-order valence-corrected chi connectivity index (χ2v) is 6.68. The van der Waals surface area contributed by atoms with Crippen molar-refractivity contribution >= 4 is 15.9 Å². The third-order valence-electron chi connectivity index (χ3n) is 3.13. The van der Waals surface area contributed by atoms with Gasteiger partial charge in [0.25, 0.3) is 0 Å². The Hall–Kier alpha value is -0.660. The lowest BCUT2D eigenvalue weighted by Crippen LogP contribution is -2.49. The fourth-order valence-electron chi connectivity index (χ4n) is 1.56. The predicted octanol–water partition coefficient (Wildman–Crippen LogP) is 0.372. The molecule has 0 aromatic carbocycles. The monoisotopic (exact) mass is 294 g/mol. The molecule has 0 aromatic rings. The molecule has 0 fully saturated rings. The molecule has 0 aromatic heterocycles. The molecule has 1 unspecified atom stereocenters. The molecule has 0 bridgehead atoms. The normalized spacial score (nSPS) is 14.2. The van der Waals surface area contributed by atoms with Crippen LogP contribution < -0.4 is 10.0 Å². The predicted molar refractivity (Wildman–Crippen MR) is 75.2 cm³/mol. The quantitative estimate of drug-likeness (QED) is 0.572. The molecule has 3 N–H and O–H groups in total. The Morgan fingerprint density at radius 2 is 1.79 bits per heavy atom. The second-order valence-electron chi connectivity index (χ2n) is 4.81. The van der Waals surface area contributed by atoms with Gasteiger partial charge in [0.2, 0.25) is 15.9 Å². The number of nitrogens with one attached hydrogen (secondary N) is 2. The first-order chi connectivity index (χ1) is 8.69. The zero-order valence-corrected chi connectivity index (χ0v) is 13.0. The van der Waals surface area contributed by atoms with E-state index in [0.717, 1.165) is 0 Å². The first kappa shape index (κ1) is 18.3. The summed E-state index contributed by atoms with van der Waals surface area (Å²) in [5.41, 5.74) is -0.933. The minimum Gasteiger partial charge on any atom is -0.388 e. The Bertz CT molecular complexity index is 377. The number of aliphatic hydroxyl groups is 1. The number of rotatable bonds is 9. The highest BCUT2D eigenvalue weighted by atomic mass is 32.2. The molecule has 0 heterocycles. The van der Waals surface area contributed by atoms with E-state index in [4.69, 9.17) is 0 Å². The van der Waals surface area contributed by atoms with E-state index in [9.17, 15) is 18.3 Å². The summed E-state index contributed by atoms with van der Waals surface area (Å²) in [5.74, 6) is -0.432. The number of amides is 1. The van der Waals surface area contributed by atoms with Gasteiger partial charge in [0.05, 0.1) is 17.4 Å². The van der Waals surface area contributed by atoms with Gasteiger partial charge in [-0.3, -0.25) is 4.79 Å². The number of sulfonamides is 1. The molecule has 0 rings (SSSR count). The van der Waals surface area contributed by atoms with Gasteiger partial charge in [0, 0.05) is 6.54 Å². The summed E-state index contributed by atoms with van der Waals surface area (Å²) in [6.45, 7) is 7.04. The van der Waals surface area contributed by atoms with E-state index in [2.05, 4.69) is 10.0 Å². The van der Waals surface area contributed by atoms with E-state index < -0.39 is 27.6 Å². The summed E-state index contributed by atoms with van der Waals surface area (Å²) in [6, 6.07) is -0.838. The van der Waals surface area contributed by atoms with Crippen LogP contribution in [-0.2, 0) is 14.8 Å². The van der Waals surface area contributed by atoms with Gasteiger partial charge in [-0.25, -0.2) is 13.1 Å². The SMILES string of the molecule is CCCS(=O)(=O)NC(C)C(=O)NCC(O)(CC)CC. The first-order valence-electron chi connectivity index (χ1n) is 6.69. The third-order valence-corrected chi connectivity index (χ3v) is 4.79. The Balaban J connectivity index is 4.36. The van der Waals surface area contributed by atoms with Crippen molar-refractivity contribution in [3.05, 3.63) is 0 Å². The van der Waals surface area contributed by atoms with Crippen LogP contribution in [0.1, 0.15) is 47.0 Å². The largest absolute Gasteiger partial charge is 0.388 e. The number of carbonyl (C=O) groups is 1. The summed E-state index contributed by atoms with van der Waals surface area (Å²) in [6.07, 6.45) is 1.55. The van der Waals surface area contributed by atoms with Crippen molar-refractivity contribution in [2.45, 2.75) is 58.6 Å². The first-order valence-corrected chi connectivity index (χ1v) is 8.35. The lowest BCUT2D eigenvalue weighted by molar-refractivity contribution is -0.123. The van der Waals surface area contributed by atoms with Gasteiger partial charge in [0.1, 0.15) is 0 Å². The van der Waals surface area contributed by atoms with Gasteiger partial charge in [-0.2, -0.15) is 0 Å². The van der Waals surface area contributed by atoms with E-state index in [0.29, 0.717) is 19.3 Å². The molecule has 0 saturated heterocycles. The zero-order chi connectivity index (χ0) is 15.1. The van der Waals surface area contributed by atoms with Crippen molar-refractivity contribution in [1.82, 2.24) is 10.0 Å². The molecule has 1 atom stereocenters. The summed E-state index contributed by atoms with van der Waals surface area (Å²) < 4.78 is 25.3. The van der Waals surface area contributed by atoms with Gasteiger partial charge in [-0.15, -0.1) is 0 Å². The molecule has 0 aliphatic heterocycles. The zero-order valence-electron chi connectivity index (χ0n) is 12.2. The average molecular weight is 294 g/mol. The van der Waals surface area contributed by atoms with E-state index in [1.165, 1.54) is 6.92 Å². The third kappa shape index (κ3) is 6.89. The number of hydrogen-bond acceptors (Lipinski definition) is 4. The van der Waals surface area contributed by atoms with E-state index in [1.807, 2.05) is 13.8 Å². The van der Waals surface area contributed by atoms with Crippen LogP contribution in [0.5, 0.6) is 0 Å². The molecule has 0 saturated carbocycles. The van der Waals surface area contributed by atoms with Crippen LogP contribution in [0.3, 0.4) is 0 Å². The number of carbonyl (C=O) groups excluding carboxylic acids is 1. The second kappa shape index (κ2) is 7.81. The fourth-order valence-corrected chi connectivity index (χ4v) is 2.86. The molecule has 7 heteroatoms. The Morgan fingerprint density at radius 1 is 1.26 bits per heavy atom. The average Bonchev–Trinajstić information content (AvgIpc) is 2.34. The maximum absolute atomic E-state index is 11.8. The standard InChI is InChI=1S/C12H26N2O4S/c1-5-8-19(17,18)14-10(4)11(15)13-9-12(16,6-2)7-3/h10,14,16H,5-9H2,1-4H3,(H,13,15). The summed E-state index contributed by atoms with van der Waals surface area (Å²) in [4.78, 5) is 11.8. The Morgan fingerprint density at radius 3 is 2.21 bits per heavy atom. The molecule has 19 heavy (non-hydrogen) atoms. The Labute approximate surface area is 116 Å². The van der Waals surface area contributed by atoms with E-state index in [-0.39, 0.29) is 12.3 Å². The van der Waals surface area contributed by atoms with Crippen LogP contribution in [0, 0.1) is 0 Å². The summed E-state index contributed by atoms with van der Waals surface area (Å²) in [5, 5.41) is 12.6. The van der Waals surface area contributed by atoms with Crippen LogP contribution in [0.4, 0.5) is 0 Å². The van der Waals surface area contributed by atoms with Crippen molar-refractivity contribution in [1.29, 1.82) is 0 Å². The van der Waals surface area contributed by atoms with Crippen LogP contribution in [0.25, 0.3) is 0 Å². The van der Waals surface area contributed by atoms with Gasteiger partial charge in [-0.05, 0) is 26.2 Å². The highest BCUT2D eigenvalue weighted by molar-refractivity contribution is 7.89. The van der Waals surface area contributed by atoms with Crippen molar-refractivity contribution in [3.8, 4) is 0 Å². The summed E-state index contributed by atoms with van der Waals surface area (Å²) >= 11 is 0. The smallest absolute Gasteiger partial charge is 0.237 e. The minimum absolute atomic E-state index is 0.00151. The molecule has 1 amide bonds. The van der Waals surface area contributed by atoms with Crippen molar-refractivity contribution < 1.29 is 18.3 Å². The lowest BCUT2D eigenvalue weighted by atomic mass is 9.97. The van der Waals surface area contributed by atoms with Gasteiger partial charge >= 0.3 is 0 Å². The van der Waals surface area contributed by atoms with Gasteiger partial charge in [0.15, 0.2) is 0 Å². The topological polar surface area (TPSA) is 95.5 Å². The molecular weight excluding hydrogens is 268 g/mol. The maximum Gasteiger partial charge on any atom is 0.237 e. The van der Waals surface area contributed by atoms with Crippen LogP contribution in [0.15, 0.2) is 0 Å². The van der Waals surface area contributed by atoms with Crippen molar-refractivity contribution in [2.24, 2.45) is 0 Å². The fraction of sp³-hybridized carbons (Fsp3) is 0.917. The Kier molecular flexibility index (Phi) is 7.54. The van der Waals surface area contributed by atoms with Crippen molar-refractivity contribution in [2.75, 3.05) is 12.3 Å². The molecule has 0 aliphatic carbocycles. The minimum atomic E-state index is -3.41. The van der Waals surface area contributed by atoms with Crippen LogP contribution >= 0.6 is 0 Å². The van der Waals surface area contributed by atoms with Crippen LogP contribution in [0.2, 0.25) is 0 Å². The highest BCUT2D eigenvalue weighted by Gasteiger charge is 2.25. The van der Waals surface area contributed by atoms with Gasteiger partial charge in [-0.1, -0.05) is 20.8 Å². The molecular formula is C12H26N2O4S. The molecule has 6 nitrogen and oxygen atoms in total. The van der Waals surface area contributed by atoms with Crippen LogP contribution in [-0.4, -0.2) is 43.4 Å². The summed E-state index contributed by atoms with van der Waals surface area (Å²) in [7, 11) is -3.41. The number of hydrogen-bond donors (Lipinski definition) is 3. The molecule has 0 radical (unpaired) electrons. The highest BCUT2D eigenvalue weighted by Crippen LogP contribution is 2.12. The molecule has 0 aliphatic rings.